The van der Waals surface area contributed by atoms with Crippen molar-refractivity contribution in [3.05, 3.63) is 0 Å². The van der Waals surface area contributed by atoms with Crippen molar-refractivity contribution < 1.29 is 15.0 Å². The van der Waals surface area contributed by atoms with Crippen LogP contribution in [0.4, 0.5) is 0 Å². The maximum atomic E-state index is 12.5. The van der Waals surface area contributed by atoms with Gasteiger partial charge in [0.2, 0.25) is 5.91 Å². The average molecular weight is 961 g/mol. The van der Waals surface area contributed by atoms with E-state index >= 15 is 0 Å². The quantitative estimate of drug-likeness (QED) is 0.0532. The van der Waals surface area contributed by atoms with Crippen LogP contribution in [-0.2, 0) is 4.79 Å². The zero-order valence-electron chi connectivity index (χ0n) is 47.2. The highest BCUT2D eigenvalue weighted by Gasteiger charge is 2.20. The van der Waals surface area contributed by atoms with Crippen LogP contribution in [0.3, 0.4) is 0 Å². The van der Waals surface area contributed by atoms with Crippen LogP contribution in [0.5, 0.6) is 0 Å². The van der Waals surface area contributed by atoms with Gasteiger partial charge in [-0.25, -0.2) is 0 Å². The number of nitrogens with one attached hydrogen (secondary N) is 1. The van der Waals surface area contributed by atoms with Gasteiger partial charge in [-0.2, -0.15) is 0 Å². The molecule has 0 radical (unpaired) electrons. The molecule has 0 fully saturated rings. The lowest BCUT2D eigenvalue weighted by atomic mass is 10.0. The summed E-state index contributed by atoms with van der Waals surface area (Å²) in [7, 11) is 0. The van der Waals surface area contributed by atoms with Crippen LogP contribution in [0.25, 0.3) is 0 Å². The molecule has 0 rings (SSSR count). The van der Waals surface area contributed by atoms with Crippen LogP contribution in [0.15, 0.2) is 0 Å². The van der Waals surface area contributed by atoms with Crippen LogP contribution >= 0.6 is 0 Å². The molecule has 0 heterocycles. The van der Waals surface area contributed by atoms with Crippen molar-refractivity contribution in [3.8, 4) is 0 Å². The summed E-state index contributed by atoms with van der Waals surface area (Å²) in [6, 6.07) is -0.532. The van der Waals surface area contributed by atoms with E-state index in [4.69, 9.17) is 0 Å². The summed E-state index contributed by atoms with van der Waals surface area (Å²) in [5.74, 6) is -0.0201. The molecule has 1 amide bonds. The highest BCUT2D eigenvalue weighted by atomic mass is 16.3. The van der Waals surface area contributed by atoms with Crippen molar-refractivity contribution >= 4 is 5.91 Å². The summed E-state index contributed by atoms with van der Waals surface area (Å²) >= 11 is 0. The Kier molecular flexibility index (Phi) is 60.1. The van der Waals surface area contributed by atoms with Gasteiger partial charge in [-0.05, 0) is 12.8 Å². The van der Waals surface area contributed by atoms with E-state index in [1.807, 2.05) is 0 Å². The molecule has 3 N–H and O–H groups in total. The normalized spacial score (nSPS) is 12.6. The Balaban J connectivity index is 3.37. The zero-order chi connectivity index (χ0) is 49.2. The first kappa shape index (κ1) is 67.4. The third-order valence-electron chi connectivity index (χ3n) is 15.6. The fraction of sp³-hybridized carbons (Fsp3) is 0.984. The van der Waals surface area contributed by atoms with E-state index in [-0.39, 0.29) is 12.5 Å². The molecule has 0 aliphatic rings. The first-order valence-electron chi connectivity index (χ1n) is 32.2. The number of rotatable bonds is 61. The minimum atomic E-state index is -0.656. The molecule has 0 aliphatic heterocycles. The van der Waals surface area contributed by atoms with E-state index in [0.29, 0.717) is 12.8 Å². The second-order valence-electron chi connectivity index (χ2n) is 22.6. The molecule has 0 aromatic rings. The van der Waals surface area contributed by atoms with Gasteiger partial charge in [0.15, 0.2) is 0 Å². The largest absolute Gasteiger partial charge is 0.394 e. The fourth-order valence-electron chi connectivity index (χ4n) is 10.7. The Morgan fingerprint density at radius 2 is 0.471 bits per heavy atom. The molecule has 2 unspecified atom stereocenters. The van der Waals surface area contributed by atoms with E-state index < -0.39 is 12.1 Å². The lowest BCUT2D eigenvalue weighted by Crippen LogP contribution is -2.45. The third-order valence-corrected chi connectivity index (χ3v) is 15.6. The van der Waals surface area contributed by atoms with Crippen LogP contribution < -0.4 is 5.32 Å². The molecular formula is C64H129NO3. The number of carbonyl (C=O) groups is 1. The maximum Gasteiger partial charge on any atom is 0.220 e. The average Bonchev–Trinajstić information content (AvgIpc) is 3.34. The van der Waals surface area contributed by atoms with E-state index in [1.165, 1.54) is 334 Å². The van der Waals surface area contributed by atoms with E-state index in [0.717, 1.165) is 25.7 Å². The summed E-state index contributed by atoms with van der Waals surface area (Å²) in [5, 5.41) is 23.4. The van der Waals surface area contributed by atoms with Crippen molar-refractivity contribution in [1.82, 2.24) is 5.32 Å². The van der Waals surface area contributed by atoms with E-state index in [1.54, 1.807) is 0 Å². The second-order valence-corrected chi connectivity index (χ2v) is 22.6. The van der Waals surface area contributed by atoms with Crippen LogP contribution in [0.1, 0.15) is 386 Å². The maximum absolute atomic E-state index is 12.5. The topological polar surface area (TPSA) is 69.6 Å². The van der Waals surface area contributed by atoms with Gasteiger partial charge < -0.3 is 15.5 Å². The highest BCUT2D eigenvalue weighted by molar-refractivity contribution is 5.76. The lowest BCUT2D eigenvalue weighted by molar-refractivity contribution is -0.123. The van der Waals surface area contributed by atoms with Gasteiger partial charge in [-0.3, -0.25) is 4.79 Å². The van der Waals surface area contributed by atoms with Gasteiger partial charge in [0, 0.05) is 6.42 Å². The molecule has 0 aromatic carbocycles. The van der Waals surface area contributed by atoms with Crippen molar-refractivity contribution in [1.29, 1.82) is 0 Å². The molecule has 4 heteroatoms. The molecule has 2 atom stereocenters. The number of aliphatic hydroxyl groups is 2. The van der Waals surface area contributed by atoms with Crippen molar-refractivity contribution in [2.75, 3.05) is 6.61 Å². The Morgan fingerprint density at radius 3 is 0.662 bits per heavy atom. The summed E-state index contributed by atoms with van der Waals surface area (Å²) in [6.45, 7) is 4.42. The Hall–Kier alpha value is -0.610. The highest BCUT2D eigenvalue weighted by Crippen LogP contribution is 2.19. The van der Waals surface area contributed by atoms with E-state index in [9.17, 15) is 15.0 Å². The molecule has 4 nitrogen and oxygen atoms in total. The second kappa shape index (κ2) is 60.7. The summed E-state index contributed by atoms with van der Waals surface area (Å²) < 4.78 is 0. The van der Waals surface area contributed by atoms with Crippen molar-refractivity contribution in [2.24, 2.45) is 0 Å². The molecule has 68 heavy (non-hydrogen) atoms. The Morgan fingerprint density at radius 1 is 0.294 bits per heavy atom. The van der Waals surface area contributed by atoms with Crippen molar-refractivity contribution in [2.45, 2.75) is 398 Å². The van der Waals surface area contributed by atoms with Gasteiger partial charge in [0.25, 0.3) is 0 Å². The standard InChI is InChI=1S/C64H129NO3/c1-3-5-7-9-11-13-15-17-19-21-23-25-27-29-31-33-35-37-39-41-43-45-47-49-51-53-55-57-59-63(67)62(61-66)65-64(68)60-58-56-54-52-50-48-46-44-42-40-38-36-34-32-30-28-26-24-22-20-18-16-14-12-10-8-6-4-2/h62-63,66-67H,3-61H2,1-2H3,(H,65,68). The van der Waals surface area contributed by atoms with Gasteiger partial charge in [0.05, 0.1) is 18.8 Å². The molecular weight excluding hydrogens is 831 g/mol. The zero-order valence-corrected chi connectivity index (χ0v) is 47.2. The fourth-order valence-corrected chi connectivity index (χ4v) is 10.7. The summed E-state index contributed by atoms with van der Waals surface area (Å²) in [6.07, 6.45) is 78.5. The number of hydrogen-bond donors (Lipinski definition) is 3. The molecule has 0 spiro atoms. The monoisotopic (exact) mass is 960 g/mol. The van der Waals surface area contributed by atoms with E-state index in [2.05, 4.69) is 19.2 Å². The number of amides is 1. The summed E-state index contributed by atoms with van der Waals surface area (Å²) in [5.41, 5.74) is 0. The smallest absolute Gasteiger partial charge is 0.220 e. The van der Waals surface area contributed by atoms with Crippen molar-refractivity contribution in [3.63, 3.8) is 0 Å². The first-order chi connectivity index (χ1) is 33.7. The minimum absolute atomic E-state index is 0.0201. The number of aliphatic hydroxyl groups excluding tert-OH is 2. The predicted octanol–water partition coefficient (Wildman–Crippen LogP) is 21.5. The predicted molar refractivity (Wildman–Crippen MR) is 304 cm³/mol. The van der Waals surface area contributed by atoms with Gasteiger partial charge in [-0.1, -0.05) is 367 Å². The third kappa shape index (κ3) is 56.3. The number of carbonyl (C=O) groups excluding carboxylic acids is 1. The molecule has 0 saturated carbocycles. The number of unbranched alkanes of at least 4 members (excludes halogenated alkanes) is 54. The van der Waals surface area contributed by atoms with Crippen LogP contribution in [0.2, 0.25) is 0 Å². The molecule has 0 saturated heterocycles. The summed E-state index contributed by atoms with van der Waals surface area (Å²) in [4.78, 5) is 12.5. The van der Waals surface area contributed by atoms with Gasteiger partial charge in [0.1, 0.15) is 0 Å². The Labute approximate surface area is 429 Å². The van der Waals surface area contributed by atoms with Crippen LogP contribution in [-0.4, -0.2) is 34.9 Å². The number of hydrogen-bond acceptors (Lipinski definition) is 3. The molecule has 0 aliphatic carbocycles. The first-order valence-corrected chi connectivity index (χ1v) is 32.2. The Bertz CT molecular complexity index is 910. The minimum Gasteiger partial charge on any atom is -0.394 e. The molecule has 408 valence electrons. The van der Waals surface area contributed by atoms with Gasteiger partial charge >= 0.3 is 0 Å². The molecule has 0 bridgehead atoms. The van der Waals surface area contributed by atoms with Gasteiger partial charge in [-0.15, -0.1) is 0 Å². The molecule has 0 aromatic heterocycles. The van der Waals surface area contributed by atoms with Crippen LogP contribution in [0, 0.1) is 0 Å². The lowest BCUT2D eigenvalue weighted by Gasteiger charge is -2.22. The SMILES string of the molecule is CCCCCCCCCCCCCCCCCCCCCCCCCCCCCCC(=O)NC(CO)C(O)CCCCCCCCCCCCCCCCCCCCCCCCCCCCCC.